The molecule has 2 aromatic rings. The molecule has 2 unspecified atom stereocenters. The van der Waals surface area contributed by atoms with E-state index in [4.69, 9.17) is 5.73 Å². The van der Waals surface area contributed by atoms with Crippen LogP contribution in [0.15, 0.2) is 43.0 Å². The molecule has 0 radical (unpaired) electrons. The summed E-state index contributed by atoms with van der Waals surface area (Å²) in [5, 5.41) is 3.29. The zero-order valence-electron chi connectivity index (χ0n) is 12.7. The predicted octanol–water partition coefficient (Wildman–Crippen LogP) is 2.03. The molecule has 0 bridgehead atoms. The zero-order chi connectivity index (χ0) is 15.4. The molecule has 0 fully saturated rings. The summed E-state index contributed by atoms with van der Waals surface area (Å²) in [6.07, 6.45) is 5.41. The fourth-order valence-electron chi connectivity index (χ4n) is 2.32. The molecule has 1 heterocycles. The summed E-state index contributed by atoms with van der Waals surface area (Å²) in [4.78, 5) is 15.5. The van der Waals surface area contributed by atoms with E-state index in [1.54, 1.807) is 12.5 Å². The second kappa shape index (κ2) is 6.54. The number of nitrogens with one attached hydrogen (secondary N) is 1. The third kappa shape index (κ3) is 3.70. The number of benzene rings is 1. The van der Waals surface area contributed by atoms with Gasteiger partial charge in [-0.2, -0.15) is 0 Å². The molecule has 2 rings (SSSR count). The van der Waals surface area contributed by atoms with Crippen LogP contribution >= 0.6 is 0 Å². The molecule has 1 amide bonds. The van der Waals surface area contributed by atoms with Crippen LogP contribution in [-0.4, -0.2) is 21.5 Å². The molecule has 0 spiro atoms. The molecular formula is C16H22N4O. The third-order valence-corrected chi connectivity index (χ3v) is 3.60. The van der Waals surface area contributed by atoms with E-state index in [9.17, 15) is 4.79 Å². The van der Waals surface area contributed by atoms with Crippen molar-refractivity contribution < 1.29 is 4.79 Å². The summed E-state index contributed by atoms with van der Waals surface area (Å²) in [5.74, 6) is -0.151. The Morgan fingerprint density at radius 3 is 2.38 bits per heavy atom. The average molecular weight is 286 g/mol. The fraction of sp³-hybridized carbons (Fsp3) is 0.375. The summed E-state index contributed by atoms with van der Waals surface area (Å²) in [6, 6.07) is 7.89. The van der Waals surface area contributed by atoms with Crippen molar-refractivity contribution in [3.63, 3.8) is 0 Å². The Morgan fingerprint density at radius 1 is 1.24 bits per heavy atom. The molecule has 1 aromatic carbocycles. The Bertz CT molecular complexity index is 575. The van der Waals surface area contributed by atoms with Gasteiger partial charge < -0.3 is 10.3 Å². The maximum absolute atomic E-state index is 11.5. The van der Waals surface area contributed by atoms with Crippen LogP contribution in [0.2, 0.25) is 0 Å². The summed E-state index contributed by atoms with van der Waals surface area (Å²) in [6.45, 7) is 6.00. The number of rotatable bonds is 6. The number of aromatic nitrogens is 2. The second-order valence-electron chi connectivity index (χ2n) is 5.57. The summed E-state index contributed by atoms with van der Waals surface area (Å²) < 4.78 is 1.95. The van der Waals surface area contributed by atoms with Gasteiger partial charge in [0.15, 0.2) is 0 Å². The summed E-state index contributed by atoms with van der Waals surface area (Å²) >= 11 is 0. The number of nitrogens with zero attached hydrogens (tertiary/aromatic N) is 2. The lowest BCUT2D eigenvalue weighted by atomic mass is 10.0. The van der Waals surface area contributed by atoms with Crippen LogP contribution in [0.1, 0.15) is 32.4 Å². The molecule has 1 aromatic heterocycles. The Balaban J connectivity index is 2.09. The molecule has 0 aliphatic rings. The minimum atomic E-state index is -0.326. The van der Waals surface area contributed by atoms with Gasteiger partial charge in [-0.05, 0) is 30.5 Å². The molecule has 0 aliphatic carbocycles. The van der Waals surface area contributed by atoms with Crippen molar-refractivity contribution in [1.82, 2.24) is 14.9 Å². The smallest absolute Gasteiger partial charge is 0.234 e. The van der Waals surface area contributed by atoms with Gasteiger partial charge in [0, 0.05) is 24.1 Å². The maximum atomic E-state index is 11.5. The molecule has 112 valence electrons. The number of carbonyl (C=O) groups is 1. The van der Waals surface area contributed by atoms with Crippen LogP contribution in [0.4, 0.5) is 0 Å². The van der Waals surface area contributed by atoms with Gasteiger partial charge >= 0.3 is 0 Å². The summed E-state index contributed by atoms with van der Waals surface area (Å²) in [5.41, 5.74) is 7.61. The first-order chi connectivity index (χ1) is 9.99. The molecular weight excluding hydrogens is 264 g/mol. The van der Waals surface area contributed by atoms with Crippen molar-refractivity contribution in [3.8, 4) is 5.69 Å². The third-order valence-electron chi connectivity index (χ3n) is 3.60. The van der Waals surface area contributed by atoms with Crippen LogP contribution in [0.3, 0.4) is 0 Å². The van der Waals surface area contributed by atoms with Crippen LogP contribution < -0.4 is 11.1 Å². The minimum absolute atomic E-state index is 0.0572. The molecule has 5 heteroatoms. The van der Waals surface area contributed by atoms with Crippen molar-refractivity contribution in [2.24, 2.45) is 11.7 Å². The van der Waals surface area contributed by atoms with Gasteiger partial charge in [-0.3, -0.25) is 10.1 Å². The van der Waals surface area contributed by atoms with Gasteiger partial charge in [0.2, 0.25) is 5.91 Å². The first-order valence-electron chi connectivity index (χ1n) is 7.12. The molecule has 5 nitrogen and oxygen atoms in total. The van der Waals surface area contributed by atoms with Crippen molar-refractivity contribution >= 4 is 5.91 Å². The maximum Gasteiger partial charge on any atom is 0.234 e. The lowest BCUT2D eigenvalue weighted by Crippen LogP contribution is -2.45. The lowest BCUT2D eigenvalue weighted by Gasteiger charge is -2.24. The standard InChI is InChI=1S/C16H22N4O/c1-11(2)15(16(17)21)19-12(3)13-4-6-14(7-5-13)20-9-8-18-10-20/h4-12,15,19H,1-3H3,(H2,17,21). The topological polar surface area (TPSA) is 72.9 Å². The van der Waals surface area contributed by atoms with Crippen LogP contribution in [0, 0.1) is 5.92 Å². The Labute approximate surface area is 125 Å². The van der Waals surface area contributed by atoms with Gasteiger partial charge in [0.05, 0.1) is 12.4 Å². The minimum Gasteiger partial charge on any atom is -0.368 e. The Morgan fingerprint density at radius 2 is 1.90 bits per heavy atom. The summed E-state index contributed by atoms with van der Waals surface area (Å²) in [7, 11) is 0. The van der Waals surface area contributed by atoms with Crippen LogP contribution in [0.25, 0.3) is 5.69 Å². The fourth-order valence-corrected chi connectivity index (χ4v) is 2.32. The van der Waals surface area contributed by atoms with E-state index >= 15 is 0 Å². The van der Waals surface area contributed by atoms with Crippen molar-refractivity contribution in [1.29, 1.82) is 0 Å². The van der Waals surface area contributed by atoms with Crippen molar-refractivity contribution in [2.75, 3.05) is 0 Å². The van der Waals surface area contributed by atoms with Gasteiger partial charge in [-0.25, -0.2) is 4.98 Å². The van der Waals surface area contributed by atoms with E-state index in [1.807, 2.05) is 55.8 Å². The molecule has 21 heavy (non-hydrogen) atoms. The van der Waals surface area contributed by atoms with E-state index < -0.39 is 0 Å². The van der Waals surface area contributed by atoms with E-state index in [2.05, 4.69) is 10.3 Å². The normalized spacial score (nSPS) is 14.1. The highest BCUT2D eigenvalue weighted by atomic mass is 16.1. The van der Waals surface area contributed by atoms with E-state index in [0.29, 0.717) is 0 Å². The van der Waals surface area contributed by atoms with E-state index in [1.165, 1.54) is 0 Å². The molecule has 0 saturated heterocycles. The molecule has 3 N–H and O–H groups in total. The average Bonchev–Trinajstić information content (AvgIpc) is 2.98. The highest BCUT2D eigenvalue weighted by molar-refractivity contribution is 5.80. The zero-order valence-corrected chi connectivity index (χ0v) is 12.7. The first-order valence-corrected chi connectivity index (χ1v) is 7.12. The van der Waals surface area contributed by atoms with Gasteiger partial charge in [0.25, 0.3) is 0 Å². The van der Waals surface area contributed by atoms with Crippen LogP contribution in [-0.2, 0) is 4.79 Å². The van der Waals surface area contributed by atoms with Crippen molar-refractivity contribution in [3.05, 3.63) is 48.5 Å². The van der Waals surface area contributed by atoms with Crippen molar-refractivity contribution in [2.45, 2.75) is 32.9 Å². The quantitative estimate of drug-likeness (QED) is 0.853. The van der Waals surface area contributed by atoms with E-state index in [0.717, 1.165) is 11.3 Å². The molecule has 0 aliphatic heterocycles. The second-order valence-corrected chi connectivity index (χ2v) is 5.57. The number of primary amides is 1. The largest absolute Gasteiger partial charge is 0.368 e. The first kappa shape index (κ1) is 15.3. The SMILES string of the molecule is CC(NC(C(N)=O)C(C)C)c1ccc(-n2ccnc2)cc1. The van der Waals surface area contributed by atoms with Crippen LogP contribution in [0.5, 0.6) is 0 Å². The predicted molar refractivity (Wildman–Crippen MR) is 82.9 cm³/mol. The lowest BCUT2D eigenvalue weighted by molar-refractivity contribution is -0.121. The van der Waals surface area contributed by atoms with Gasteiger partial charge in [0.1, 0.15) is 0 Å². The number of imidazole rings is 1. The van der Waals surface area contributed by atoms with Gasteiger partial charge in [-0.1, -0.05) is 26.0 Å². The highest BCUT2D eigenvalue weighted by Crippen LogP contribution is 2.17. The number of amides is 1. The number of hydrogen-bond acceptors (Lipinski definition) is 3. The monoisotopic (exact) mass is 286 g/mol. The molecule has 0 saturated carbocycles. The molecule has 2 atom stereocenters. The van der Waals surface area contributed by atoms with E-state index in [-0.39, 0.29) is 23.9 Å². The Kier molecular flexibility index (Phi) is 4.75. The number of nitrogens with two attached hydrogens (primary N) is 1. The Hall–Kier alpha value is -2.14. The highest BCUT2D eigenvalue weighted by Gasteiger charge is 2.21. The number of carbonyl (C=O) groups excluding carboxylic acids is 1. The van der Waals surface area contributed by atoms with Gasteiger partial charge in [-0.15, -0.1) is 0 Å². The number of hydrogen-bond donors (Lipinski definition) is 2.